The zero-order chi connectivity index (χ0) is 13.9. The van der Waals surface area contributed by atoms with E-state index in [0.717, 1.165) is 17.9 Å². The van der Waals surface area contributed by atoms with E-state index < -0.39 is 0 Å². The van der Waals surface area contributed by atoms with Gasteiger partial charge in [-0.15, -0.1) is 0 Å². The molecule has 0 radical (unpaired) electrons. The molecule has 0 atom stereocenters. The number of aromatic nitrogens is 1. The minimum Gasteiger partial charge on any atom is -0.327 e. The first-order chi connectivity index (χ1) is 9.75. The Morgan fingerprint density at radius 2 is 2.05 bits per heavy atom. The molecule has 1 fully saturated rings. The number of hydrogen-bond acceptors (Lipinski definition) is 3. The Hall–Kier alpha value is -1.94. The largest absolute Gasteiger partial charge is 0.327 e. The molecule has 0 amide bonds. The predicted octanol–water partition coefficient (Wildman–Crippen LogP) is 3.24. The van der Waals surface area contributed by atoms with Crippen molar-refractivity contribution in [3.8, 4) is 0 Å². The first-order valence-electron chi connectivity index (χ1n) is 6.91. The zero-order valence-electron chi connectivity index (χ0n) is 11.5. The van der Waals surface area contributed by atoms with Gasteiger partial charge >= 0.3 is 0 Å². The number of nitrogens with zero attached hydrogens (tertiary/aromatic N) is 2. The number of anilines is 2. The van der Waals surface area contributed by atoms with E-state index in [1.165, 1.54) is 18.9 Å². The Kier molecular flexibility index (Phi) is 3.65. The van der Waals surface area contributed by atoms with E-state index in [0.29, 0.717) is 11.7 Å². The topological polar surface area (TPSA) is 28.2 Å². The van der Waals surface area contributed by atoms with E-state index in [2.05, 4.69) is 10.3 Å². The predicted molar refractivity (Wildman–Crippen MR) is 78.6 cm³/mol. The van der Waals surface area contributed by atoms with Crippen molar-refractivity contribution in [1.82, 2.24) is 10.3 Å². The smallest absolute Gasteiger partial charge is 0.146 e. The summed E-state index contributed by atoms with van der Waals surface area (Å²) in [6, 6.07) is 11.4. The van der Waals surface area contributed by atoms with Gasteiger partial charge in [0.1, 0.15) is 11.6 Å². The van der Waals surface area contributed by atoms with E-state index >= 15 is 0 Å². The van der Waals surface area contributed by atoms with Gasteiger partial charge in [0.25, 0.3) is 0 Å². The lowest BCUT2D eigenvalue weighted by molar-refractivity contribution is 0.626. The number of para-hydroxylation sites is 1. The Bertz CT molecular complexity index is 596. The molecule has 0 aliphatic heterocycles. The van der Waals surface area contributed by atoms with Crippen LogP contribution in [0.25, 0.3) is 0 Å². The summed E-state index contributed by atoms with van der Waals surface area (Å²) in [5, 5.41) is 3.47. The number of benzene rings is 1. The lowest BCUT2D eigenvalue weighted by Gasteiger charge is -2.21. The number of halogens is 1. The summed E-state index contributed by atoms with van der Waals surface area (Å²) in [6.07, 6.45) is 4.24. The second kappa shape index (κ2) is 5.59. The molecule has 0 unspecified atom stereocenters. The summed E-state index contributed by atoms with van der Waals surface area (Å²) in [4.78, 5) is 6.22. The van der Waals surface area contributed by atoms with Gasteiger partial charge in [0.15, 0.2) is 0 Å². The third kappa shape index (κ3) is 2.80. The minimum atomic E-state index is -0.234. The van der Waals surface area contributed by atoms with Crippen LogP contribution < -0.4 is 10.2 Å². The maximum Gasteiger partial charge on any atom is 0.146 e. The number of pyridine rings is 1. The third-order valence-corrected chi connectivity index (χ3v) is 3.56. The van der Waals surface area contributed by atoms with Crippen LogP contribution in [0.15, 0.2) is 42.6 Å². The van der Waals surface area contributed by atoms with Crippen molar-refractivity contribution in [2.75, 3.05) is 11.9 Å². The van der Waals surface area contributed by atoms with Gasteiger partial charge in [0.05, 0.1) is 5.69 Å². The maximum absolute atomic E-state index is 13.9. The van der Waals surface area contributed by atoms with Crippen LogP contribution in [0.4, 0.5) is 15.9 Å². The molecular formula is C16H18FN3. The Morgan fingerprint density at radius 3 is 2.80 bits per heavy atom. The third-order valence-electron chi connectivity index (χ3n) is 3.56. The Morgan fingerprint density at radius 1 is 1.25 bits per heavy atom. The zero-order valence-corrected chi connectivity index (χ0v) is 11.5. The summed E-state index contributed by atoms with van der Waals surface area (Å²) in [5.41, 5.74) is 1.63. The van der Waals surface area contributed by atoms with E-state index in [9.17, 15) is 4.39 Å². The van der Waals surface area contributed by atoms with Crippen LogP contribution in [0.2, 0.25) is 0 Å². The number of nitrogens with one attached hydrogen (secondary N) is 1. The van der Waals surface area contributed by atoms with Crippen LogP contribution in [0.1, 0.15) is 18.4 Å². The van der Waals surface area contributed by atoms with Gasteiger partial charge in [-0.3, -0.25) is 0 Å². The van der Waals surface area contributed by atoms with Crippen LogP contribution >= 0.6 is 0 Å². The van der Waals surface area contributed by atoms with Crippen molar-refractivity contribution in [2.24, 2.45) is 0 Å². The summed E-state index contributed by atoms with van der Waals surface area (Å²) in [5.74, 6) is 0.563. The highest BCUT2D eigenvalue weighted by atomic mass is 19.1. The molecule has 2 aromatic rings. The Balaban J connectivity index is 1.86. The van der Waals surface area contributed by atoms with E-state index in [4.69, 9.17) is 0 Å². The summed E-state index contributed by atoms with van der Waals surface area (Å²) >= 11 is 0. The molecule has 3 nitrogen and oxygen atoms in total. The fourth-order valence-corrected chi connectivity index (χ4v) is 2.25. The first-order valence-corrected chi connectivity index (χ1v) is 6.91. The average Bonchev–Trinajstić information content (AvgIpc) is 3.29. The van der Waals surface area contributed by atoms with E-state index in [1.807, 2.05) is 25.2 Å². The highest BCUT2D eigenvalue weighted by Gasteiger charge is 2.21. The highest BCUT2D eigenvalue weighted by molar-refractivity contribution is 5.62. The SMILES string of the molecule is CN(c1ccccc1F)c1ncccc1CNC1CC1. The number of hydrogen-bond donors (Lipinski definition) is 1. The van der Waals surface area contributed by atoms with Gasteiger partial charge < -0.3 is 10.2 Å². The molecule has 4 heteroatoms. The molecule has 1 aliphatic carbocycles. The van der Waals surface area contributed by atoms with E-state index in [1.54, 1.807) is 23.2 Å². The molecule has 0 saturated heterocycles. The molecule has 20 heavy (non-hydrogen) atoms. The molecule has 1 heterocycles. The molecule has 3 rings (SSSR count). The first kappa shape index (κ1) is 13.1. The van der Waals surface area contributed by atoms with Crippen LogP contribution in [0.3, 0.4) is 0 Å². The summed E-state index contributed by atoms with van der Waals surface area (Å²) < 4.78 is 13.9. The standard InChI is InChI=1S/C16H18FN3/c1-20(15-7-3-2-6-14(15)17)16-12(5-4-10-18-16)11-19-13-8-9-13/h2-7,10,13,19H,8-9,11H2,1H3. The molecular weight excluding hydrogens is 253 g/mol. The lowest BCUT2D eigenvalue weighted by Crippen LogP contribution is -2.20. The second-order valence-electron chi connectivity index (χ2n) is 5.15. The molecule has 1 aromatic heterocycles. The Labute approximate surface area is 118 Å². The molecule has 1 aliphatic rings. The number of rotatable bonds is 5. The molecule has 1 N–H and O–H groups in total. The van der Waals surface area contributed by atoms with Crippen molar-refractivity contribution in [1.29, 1.82) is 0 Å². The van der Waals surface area contributed by atoms with Crippen molar-refractivity contribution in [3.63, 3.8) is 0 Å². The van der Waals surface area contributed by atoms with Crippen molar-refractivity contribution >= 4 is 11.5 Å². The van der Waals surface area contributed by atoms with Gasteiger partial charge in [-0.25, -0.2) is 9.37 Å². The van der Waals surface area contributed by atoms with Crippen LogP contribution in [0.5, 0.6) is 0 Å². The normalized spacial score (nSPS) is 14.3. The van der Waals surface area contributed by atoms with Crippen molar-refractivity contribution in [3.05, 3.63) is 54.0 Å². The highest BCUT2D eigenvalue weighted by Crippen LogP contribution is 2.27. The van der Waals surface area contributed by atoms with Gasteiger partial charge in [0.2, 0.25) is 0 Å². The fraction of sp³-hybridized carbons (Fsp3) is 0.312. The molecule has 1 saturated carbocycles. The van der Waals surface area contributed by atoms with Crippen LogP contribution in [0, 0.1) is 5.82 Å². The van der Waals surface area contributed by atoms with Crippen molar-refractivity contribution in [2.45, 2.75) is 25.4 Å². The van der Waals surface area contributed by atoms with Gasteiger partial charge in [0, 0.05) is 31.4 Å². The summed E-state index contributed by atoms with van der Waals surface area (Å²) in [6.45, 7) is 0.770. The molecule has 104 valence electrons. The minimum absolute atomic E-state index is 0.234. The van der Waals surface area contributed by atoms with Crippen LogP contribution in [-0.2, 0) is 6.54 Å². The van der Waals surface area contributed by atoms with Gasteiger partial charge in [-0.2, -0.15) is 0 Å². The average molecular weight is 271 g/mol. The monoisotopic (exact) mass is 271 g/mol. The summed E-state index contributed by atoms with van der Waals surface area (Å²) in [7, 11) is 1.85. The molecule has 0 bridgehead atoms. The fourth-order valence-electron chi connectivity index (χ4n) is 2.25. The molecule has 0 spiro atoms. The maximum atomic E-state index is 13.9. The second-order valence-corrected chi connectivity index (χ2v) is 5.15. The molecule has 1 aromatic carbocycles. The van der Waals surface area contributed by atoms with Gasteiger partial charge in [-0.1, -0.05) is 18.2 Å². The van der Waals surface area contributed by atoms with Gasteiger partial charge in [-0.05, 0) is 31.0 Å². The van der Waals surface area contributed by atoms with Crippen LogP contribution in [-0.4, -0.2) is 18.1 Å². The van der Waals surface area contributed by atoms with Crippen molar-refractivity contribution < 1.29 is 4.39 Å². The van der Waals surface area contributed by atoms with E-state index in [-0.39, 0.29) is 5.82 Å². The lowest BCUT2D eigenvalue weighted by atomic mass is 10.2. The quantitative estimate of drug-likeness (QED) is 0.905.